The quantitative estimate of drug-likeness (QED) is 0.572. The molecule has 0 amide bonds. The van der Waals surface area contributed by atoms with Gasteiger partial charge in [-0.15, -0.1) is 0 Å². The van der Waals surface area contributed by atoms with Gasteiger partial charge in [-0.3, -0.25) is 0 Å². The number of nitrogen functional groups attached to an aromatic ring is 1. The zero-order valence-electron chi connectivity index (χ0n) is 12.6. The van der Waals surface area contributed by atoms with Gasteiger partial charge < -0.3 is 15.4 Å². The maximum absolute atomic E-state index is 10.2. The van der Waals surface area contributed by atoms with E-state index < -0.39 is 5.60 Å². The van der Waals surface area contributed by atoms with E-state index in [1.54, 1.807) is 0 Å². The van der Waals surface area contributed by atoms with E-state index in [0.29, 0.717) is 5.82 Å². The van der Waals surface area contributed by atoms with Crippen LogP contribution in [0.2, 0.25) is 0 Å². The molecule has 0 saturated carbocycles. The van der Waals surface area contributed by atoms with Gasteiger partial charge in [0.25, 0.3) is 0 Å². The van der Waals surface area contributed by atoms with Crippen LogP contribution in [0.1, 0.15) is 44.5 Å². The monoisotopic (exact) mass is 279 g/mol. The van der Waals surface area contributed by atoms with E-state index in [-0.39, 0.29) is 0 Å². The Morgan fingerprint density at radius 2 is 2.10 bits per heavy atom. The standard InChI is InChI=1S/C14H25N5O/c1-4-11-16-12(18-15)10(2)13(17-11)19-8-5-6-14(3,20)7-9-19/h20H,4-9,15H2,1-3H3,(H,16,17,18). The molecular formula is C14H25N5O. The molecule has 1 aromatic heterocycles. The van der Waals surface area contributed by atoms with Gasteiger partial charge in [-0.2, -0.15) is 0 Å². The van der Waals surface area contributed by atoms with Gasteiger partial charge in [-0.05, 0) is 33.1 Å². The first kappa shape index (κ1) is 15.0. The fraction of sp³-hybridized carbons (Fsp3) is 0.714. The summed E-state index contributed by atoms with van der Waals surface area (Å²) in [5, 5.41) is 10.2. The van der Waals surface area contributed by atoms with Crippen molar-refractivity contribution < 1.29 is 5.11 Å². The second-order valence-electron chi connectivity index (χ2n) is 5.77. The summed E-state index contributed by atoms with van der Waals surface area (Å²) in [6, 6.07) is 0. The number of aromatic nitrogens is 2. The van der Waals surface area contributed by atoms with Crippen LogP contribution < -0.4 is 16.2 Å². The highest BCUT2D eigenvalue weighted by atomic mass is 16.3. The topological polar surface area (TPSA) is 87.3 Å². The highest BCUT2D eigenvalue weighted by molar-refractivity contribution is 5.58. The van der Waals surface area contributed by atoms with E-state index in [1.807, 2.05) is 20.8 Å². The van der Waals surface area contributed by atoms with E-state index in [1.165, 1.54) is 0 Å². The molecule has 112 valence electrons. The molecule has 1 aliphatic heterocycles. The molecule has 0 aliphatic carbocycles. The molecule has 1 aromatic rings. The molecule has 0 aromatic carbocycles. The summed E-state index contributed by atoms with van der Waals surface area (Å²) in [7, 11) is 0. The largest absolute Gasteiger partial charge is 0.390 e. The SMILES string of the molecule is CCc1nc(NN)c(C)c(N2CCCC(C)(O)CC2)n1. The van der Waals surface area contributed by atoms with Crippen LogP contribution in [0.15, 0.2) is 0 Å². The number of nitrogens with two attached hydrogens (primary N) is 1. The van der Waals surface area contributed by atoms with E-state index >= 15 is 0 Å². The number of rotatable bonds is 3. The molecular weight excluding hydrogens is 254 g/mol. The minimum Gasteiger partial charge on any atom is -0.390 e. The molecule has 0 bridgehead atoms. The predicted molar refractivity (Wildman–Crippen MR) is 80.6 cm³/mol. The summed E-state index contributed by atoms with van der Waals surface area (Å²) in [5.74, 6) is 7.95. The molecule has 2 rings (SSSR count). The van der Waals surface area contributed by atoms with Gasteiger partial charge >= 0.3 is 0 Å². The Morgan fingerprint density at radius 3 is 2.75 bits per heavy atom. The van der Waals surface area contributed by atoms with Crippen molar-refractivity contribution in [3.63, 3.8) is 0 Å². The highest BCUT2D eigenvalue weighted by Gasteiger charge is 2.26. The minimum atomic E-state index is -0.571. The van der Waals surface area contributed by atoms with Crippen molar-refractivity contribution in [2.45, 2.75) is 52.1 Å². The lowest BCUT2D eigenvalue weighted by molar-refractivity contribution is 0.0481. The summed E-state index contributed by atoms with van der Waals surface area (Å²) in [6.45, 7) is 7.63. The molecule has 0 spiro atoms. The lowest BCUT2D eigenvalue weighted by Gasteiger charge is -2.25. The number of nitrogens with one attached hydrogen (secondary N) is 1. The number of hydrogen-bond donors (Lipinski definition) is 3. The second-order valence-corrected chi connectivity index (χ2v) is 5.77. The summed E-state index contributed by atoms with van der Waals surface area (Å²) >= 11 is 0. The van der Waals surface area contributed by atoms with Crippen molar-refractivity contribution in [1.82, 2.24) is 9.97 Å². The van der Waals surface area contributed by atoms with Crippen LogP contribution >= 0.6 is 0 Å². The van der Waals surface area contributed by atoms with Crippen molar-refractivity contribution in [2.75, 3.05) is 23.4 Å². The van der Waals surface area contributed by atoms with Crippen molar-refractivity contribution >= 4 is 11.6 Å². The van der Waals surface area contributed by atoms with Crippen molar-refractivity contribution in [3.8, 4) is 0 Å². The number of hydrazine groups is 1. The molecule has 1 atom stereocenters. The third kappa shape index (κ3) is 3.19. The predicted octanol–water partition coefficient (Wildman–Crippen LogP) is 1.37. The molecule has 4 N–H and O–H groups in total. The first-order valence-corrected chi connectivity index (χ1v) is 7.28. The molecule has 6 nitrogen and oxygen atoms in total. The van der Waals surface area contributed by atoms with Gasteiger partial charge in [0.15, 0.2) is 0 Å². The van der Waals surface area contributed by atoms with Crippen LogP contribution in [0, 0.1) is 6.92 Å². The summed E-state index contributed by atoms with van der Waals surface area (Å²) in [4.78, 5) is 11.3. The average Bonchev–Trinajstić information content (AvgIpc) is 2.60. The molecule has 20 heavy (non-hydrogen) atoms. The average molecular weight is 279 g/mol. The van der Waals surface area contributed by atoms with Gasteiger partial charge in [0.05, 0.1) is 5.60 Å². The van der Waals surface area contributed by atoms with Gasteiger partial charge in [-0.1, -0.05) is 6.92 Å². The van der Waals surface area contributed by atoms with Crippen molar-refractivity contribution in [1.29, 1.82) is 0 Å². The van der Waals surface area contributed by atoms with Crippen LogP contribution in [0.3, 0.4) is 0 Å². The Morgan fingerprint density at radius 1 is 1.35 bits per heavy atom. The van der Waals surface area contributed by atoms with Crippen LogP contribution in [0.4, 0.5) is 11.6 Å². The number of anilines is 2. The fourth-order valence-corrected chi connectivity index (χ4v) is 2.63. The Kier molecular flexibility index (Phi) is 4.45. The van der Waals surface area contributed by atoms with Crippen LogP contribution in [-0.4, -0.2) is 33.8 Å². The van der Waals surface area contributed by atoms with E-state index in [2.05, 4.69) is 20.3 Å². The summed E-state index contributed by atoms with van der Waals surface area (Å²) in [6.07, 6.45) is 3.32. The zero-order chi connectivity index (χ0) is 14.8. The number of aliphatic hydroxyl groups is 1. The number of aryl methyl sites for hydroxylation is 1. The molecule has 1 saturated heterocycles. The van der Waals surface area contributed by atoms with Crippen LogP contribution in [0.25, 0.3) is 0 Å². The Hall–Kier alpha value is -1.40. The third-order valence-electron chi connectivity index (χ3n) is 3.98. The summed E-state index contributed by atoms with van der Waals surface area (Å²) in [5.41, 5.74) is 3.05. The normalized spacial score (nSPS) is 23.6. The Balaban J connectivity index is 2.31. The lowest BCUT2D eigenvalue weighted by atomic mass is 9.98. The smallest absolute Gasteiger partial charge is 0.148 e. The molecule has 6 heteroatoms. The van der Waals surface area contributed by atoms with Crippen LogP contribution in [0.5, 0.6) is 0 Å². The zero-order valence-corrected chi connectivity index (χ0v) is 12.6. The summed E-state index contributed by atoms with van der Waals surface area (Å²) < 4.78 is 0. The van der Waals surface area contributed by atoms with E-state index in [4.69, 9.17) is 5.84 Å². The van der Waals surface area contributed by atoms with Gasteiger partial charge in [-0.25, -0.2) is 15.8 Å². The molecule has 1 unspecified atom stereocenters. The number of hydrogen-bond acceptors (Lipinski definition) is 6. The van der Waals surface area contributed by atoms with Gasteiger partial charge in [0, 0.05) is 25.1 Å². The first-order valence-electron chi connectivity index (χ1n) is 7.28. The third-order valence-corrected chi connectivity index (χ3v) is 3.98. The lowest BCUT2D eigenvalue weighted by Crippen LogP contribution is -2.30. The van der Waals surface area contributed by atoms with Gasteiger partial charge in [0.2, 0.25) is 0 Å². The minimum absolute atomic E-state index is 0.571. The first-order chi connectivity index (χ1) is 9.46. The molecule has 0 radical (unpaired) electrons. The Labute approximate surface area is 120 Å². The maximum Gasteiger partial charge on any atom is 0.148 e. The second kappa shape index (κ2) is 5.93. The molecule has 2 heterocycles. The van der Waals surface area contributed by atoms with E-state index in [9.17, 15) is 5.11 Å². The fourth-order valence-electron chi connectivity index (χ4n) is 2.63. The molecule has 1 fully saturated rings. The van der Waals surface area contributed by atoms with Crippen molar-refractivity contribution in [2.24, 2.45) is 5.84 Å². The maximum atomic E-state index is 10.2. The van der Waals surface area contributed by atoms with Gasteiger partial charge in [0.1, 0.15) is 17.5 Å². The van der Waals surface area contributed by atoms with E-state index in [0.717, 1.165) is 56.0 Å². The van der Waals surface area contributed by atoms with Crippen molar-refractivity contribution in [3.05, 3.63) is 11.4 Å². The Bertz CT molecular complexity index is 475. The molecule has 1 aliphatic rings. The highest BCUT2D eigenvalue weighted by Crippen LogP contribution is 2.28. The van der Waals surface area contributed by atoms with Crippen LogP contribution in [-0.2, 0) is 6.42 Å². The number of nitrogens with zero attached hydrogens (tertiary/aromatic N) is 3.